The molecule has 0 aliphatic carbocycles. The Kier molecular flexibility index (Phi) is 4.69. The Morgan fingerprint density at radius 3 is 2.79 bits per heavy atom. The van der Waals surface area contributed by atoms with Crippen molar-refractivity contribution >= 4 is 5.91 Å². The number of H-pyrrole nitrogens is 1. The van der Waals surface area contributed by atoms with Crippen LogP contribution >= 0.6 is 0 Å². The SMILES string of the molecule is CNCCCNC(=O)c1cc(-c2ccccc2)n[nH]1. The lowest BCUT2D eigenvalue weighted by molar-refractivity contribution is 0.0948. The second-order valence-electron chi connectivity index (χ2n) is 4.25. The molecular weight excluding hydrogens is 240 g/mol. The maximum atomic E-state index is 11.8. The van der Waals surface area contributed by atoms with Crippen LogP contribution in [0.25, 0.3) is 11.3 Å². The Bertz CT molecular complexity index is 521. The highest BCUT2D eigenvalue weighted by molar-refractivity contribution is 5.93. The molecule has 0 atom stereocenters. The van der Waals surface area contributed by atoms with E-state index in [9.17, 15) is 4.79 Å². The number of hydrogen-bond acceptors (Lipinski definition) is 3. The topological polar surface area (TPSA) is 69.8 Å². The fourth-order valence-electron chi connectivity index (χ4n) is 1.76. The molecule has 5 heteroatoms. The van der Waals surface area contributed by atoms with Crippen molar-refractivity contribution in [3.05, 3.63) is 42.1 Å². The van der Waals surface area contributed by atoms with Gasteiger partial charge in [0.25, 0.3) is 5.91 Å². The van der Waals surface area contributed by atoms with Crippen LogP contribution in [0.3, 0.4) is 0 Å². The van der Waals surface area contributed by atoms with Crippen LogP contribution in [0, 0.1) is 0 Å². The first-order valence-electron chi connectivity index (χ1n) is 6.35. The first-order chi connectivity index (χ1) is 9.31. The molecule has 0 saturated heterocycles. The van der Waals surface area contributed by atoms with Gasteiger partial charge in [0, 0.05) is 12.1 Å². The van der Waals surface area contributed by atoms with E-state index < -0.39 is 0 Å². The summed E-state index contributed by atoms with van der Waals surface area (Å²) in [6.45, 7) is 1.54. The van der Waals surface area contributed by atoms with Crippen LogP contribution in [0.5, 0.6) is 0 Å². The number of carbonyl (C=O) groups excluding carboxylic acids is 1. The van der Waals surface area contributed by atoms with Crippen molar-refractivity contribution in [1.82, 2.24) is 20.8 Å². The molecule has 0 radical (unpaired) electrons. The van der Waals surface area contributed by atoms with Gasteiger partial charge in [-0.05, 0) is 26.1 Å². The molecule has 1 aromatic heterocycles. The van der Waals surface area contributed by atoms with Gasteiger partial charge in [0.1, 0.15) is 5.69 Å². The summed E-state index contributed by atoms with van der Waals surface area (Å²) in [6, 6.07) is 11.5. The molecule has 1 amide bonds. The Hall–Kier alpha value is -2.14. The predicted octanol–water partition coefficient (Wildman–Crippen LogP) is 1.42. The molecule has 1 aromatic carbocycles. The van der Waals surface area contributed by atoms with E-state index in [4.69, 9.17) is 0 Å². The molecule has 0 bridgehead atoms. The lowest BCUT2D eigenvalue weighted by Crippen LogP contribution is -2.26. The molecule has 0 aliphatic heterocycles. The van der Waals surface area contributed by atoms with E-state index in [1.807, 2.05) is 37.4 Å². The lowest BCUT2D eigenvalue weighted by atomic mass is 10.1. The molecule has 0 saturated carbocycles. The third-order valence-corrected chi connectivity index (χ3v) is 2.78. The van der Waals surface area contributed by atoms with Crippen molar-refractivity contribution in [3.8, 4) is 11.3 Å². The molecule has 2 rings (SSSR count). The smallest absolute Gasteiger partial charge is 0.269 e. The van der Waals surface area contributed by atoms with E-state index in [0.717, 1.165) is 24.2 Å². The number of benzene rings is 1. The van der Waals surface area contributed by atoms with Gasteiger partial charge in [0.2, 0.25) is 0 Å². The van der Waals surface area contributed by atoms with Crippen molar-refractivity contribution < 1.29 is 4.79 Å². The number of rotatable bonds is 6. The van der Waals surface area contributed by atoms with Gasteiger partial charge in [-0.15, -0.1) is 0 Å². The number of amides is 1. The third-order valence-electron chi connectivity index (χ3n) is 2.78. The number of aromatic nitrogens is 2. The highest BCUT2D eigenvalue weighted by Gasteiger charge is 2.09. The van der Waals surface area contributed by atoms with Crippen LogP contribution in [0.2, 0.25) is 0 Å². The quantitative estimate of drug-likeness (QED) is 0.686. The van der Waals surface area contributed by atoms with Crippen LogP contribution in [0.1, 0.15) is 16.9 Å². The fourth-order valence-corrected chi connectivity index (χ4v) is 1.76. The summed E-state index contributed by atoms with van der Waals surface area (Å²) in [5.41, 5.74) is 2.26. The number of nitrogens with zero attached hydrogens (tertiary/aromatic N) is 1. The first kappa shape index (κ1) is 13.3. The number of carbonyl (C=O) groups is 1. The lowest BCUT2D eigenvalue weighted by Gasteiger charge is -2.02. The normalized spacial score (nSPS) is 10.4. The Labute approximate surface area is 112 Å². The van der Waals surface area contributed by atoms with E-state index in [1.54, 1.807) is 6.07 Å². The zero-order valence-corrected chi connectivity index (χ0v) is 10.9. The minimum Gasteiger partial charge on any atom is -0.351 e. The van der Waals surface area contributed by atoms with E-state index in [0.29, 0.717) is 12.2 Å². The van der Waals surface area contributed by atoms with Gasteiger partial charge in [-0.1, -0.05) is 30.3 Å². The van der Waals surface area contributed by atoms with Crippen molar-refractivity contribution in [2.45, 2.75) is 6.42 Å². The van der Waals surface area contributed by atoms with Gasteiger partial charge in [0.15, 0.2) is 0 Å². The molecule has 100 valence electrons. The summed E-state index contributed by atoms with van der Waals surface area (Å²) in [5.74, 6) is -0.120. The second kappa shape index (κ2) is 6.70. The maximum Gasteiger partial charge on any atom is 0.269 e. The Morgan fingerprint density at radius 1 is 1.26 bits per heavy atom. The van der Waals surface area contributed by atoms with E-state index in [1.165, 1.54) is 0 Å². The largest absolute Gasteiger partial charge is 0.351 e. The molecule has 1 heterocycles. The Morgan fingerprint density at radius 2 is 2.05 bits per heavy atom. The van der Waals surface area contributed by atoms with E-state index in [-0.39, 0.29) is 5.91 Å². The van der Waals surface area contributed by atoms with Crippen molar-refractivity contribution in [2.75, 3.05) is 20.1 Å². The highest BCUT2D eigenvalue weighted by atomic mass is 16.1. The zero-order valence-electron chi connectivity index (χ0n) is 10.9. The van der Waals surface area contributed by atoms with Crippen LogP contribution in [-0.4, -0.2) is 36.2 Å². The monoisotopic (exact) mass is 258 g/mol. The highest BCUT2D eigenvalue weighted by Crippen LogP contribution is 2.16. The zero-order chi connectivity index (χ0) is 13.5. The number of aromatic amines is 1. The number of nitrogens with one attached hydrogen (secondary N) is 3. The van der Waals surface area contributed by atoms with E-state index >= 15 is 0 Å². The van der Waals surface area contributed by atoms with Gasteiger partial charge in [-0.25, -0.2) is 0 Å². The van der Waals surface area contributed by atoms with Gasteiger partial charge in [-0.2, -0.15) is 5.10 Å². The average Bonchev–Trinajstić information content (AvgIpc) is 2.94. The summed E-state index contributed by atoms with van der Waals surface area (Å²) in [7, 11) is 1.89. The molecule has 0 aliphatic rings. The van der Waals surface area contributed by atoms with Gasteiger partial charge < -0.3 is 10.6 Å². The predicted molar refractivity (Wildman–Crippen MR) is 74.9 cm³/mol. The standard InChI is InChI=1S/C14H18N4O/c1-15-8-5-9-16-14(19)13-10-12(17-18-13)11-6-3-2-4-7-11/h2-4,6-7,10,15H,5,8-9H2,1H3,(H,16,19)(H,17,18). The van der Waals surface area contributed by atoms with Crippen LogP contribution in [0.4, 0.5) is 0 Å². The summed E-state index contributed by atoms with van der Waals surface area (Å²) in [6.07, 6.45) is 0.905. The van der Waals surface area contributed by atoms with Gasteiger partial charge in [-0.3, -0.25) is 9.89 Å². The first-order valence-corrected chi connectivity index (χ1v) is 6.35. The number of hydrogen-bond donors (Lipinski definition) is 3. The third kappa shape index (κ3) is 3.66. The summed E-state index contributed by atoms with van der Waals surface area (Å²) in [4.78, 5) is 11.8. The van der Waals surface area contributed by atoms with E-state index in [2.05, 4.69) is 20.8 Å². The minimum atomic E-state index is -0.120. The average molecular weight is 258 g/mol. The van der Waals surface area contributed by atoms with Crippen LogP contribution in [-0.2, 0) is 0 Å². The summed E-state index contributed by atoms with van der Waals surface area (Å²) >= 11 is 0. The molecule has 2 aromatic rings. The summed E-state index contributed by atoms with van der Waals surface area (Å²) < 4.78 is 0. The molecule has 0 unspecified atom stereocenters. The molecular formula is C14H18N4O. The van der Waals surface area contributed by atoms with Crippen LogP contribution in [0.15, 0.2) is 36.4 Å². The second-order valence-corrected chi connectivity index (χ2v) is 4.25. The molecule has 3 N–H and O–H groups in total. The van der Waals surface area contributed by atoms with Gasteiger partial charge in [0.05, 0.1) is 5.69 Å². The van der Waals surface area contributed by atoms with Gasteiger partial charge >= 0.3 is 0 Å². The molecule has 0 spiro atoms. The summed E-state index contributed by atoms with van der Waals surface area (Å²) in [5, 5.41) is 12.8. The molecule has 19 heavy (non-hydrogen) atoms. The molecule has 0 fully saturated rings. The Balaban J connectivity index is 1.95. The van der Waals surface area contributed by atoms with Crippen molar-refractivity contribution in [2.24, 2.45) is 0 Å². The fraction of sp³-hybridized carbons (Fsp3) is 0.286. The van der Waals surface area contributed by atoms with Crippen molar-refractivity contribution in [3.63, 3.8) is 0 Å². The van der Waals surface area contributed by atoms with Crippen LogP contribution < -0.4 is 10.6 Å². The maximum absolute atomic E-state index is 11.8. The van der Waals surface area contributed by atoms with Crippen molar-refractivity contribution in [1.29, 1.82) is 0 Å². The molecule has 5 nitrogen and oxygen atoms in total. The minimum absolute atomic E-state index is 0.120.